The highest BCUT2D eigenvalue weighted by atomic mass is 16.5. The fourth-order valence-corrected chi connectivity index (χ4v) is 3.19. The number of nitrogens with zero attached hydrogens (tertiary/aromatic N) is 3. The molecule has 27 heavy (non-hydrogen) atoms. The van der Waals surface area contributed by atoms with Gasteiger partial charge in [0.25, 0.3) is 0 Å². The number of carbonyl (C=O) groups is 1. The van der Waals surface area contributed by atoms with Gasteiger partial charge in [-0.05, 0) is 47.0 Å². The van der Waals surface area contributed by atoms with Crippen LogP contribution in [-0.2, 0) is 4.74 Å². The minimum Gasteiger partial charge on any atom is -0.462 e. The van der Waals surface area contributed by atoms with E-state index < -0.39 is 0 Å². The van der Waals surface area contributed by atoms with E-state index in [1.54, 1.807) is 13.1 Å². The van der Waals surface area contributed by atoms with Crippen molar-refractivity contribution >= 4 is 33.5 Å². The highest BCUT2D eigenvalue weighted by Crippen LogP contribution is 2.33. The second kappa shape index (κ2) is 7.88. The van der Waals surface area contributed by atoms with Crippen LogP contribution in [-0.4, -0.2) is 54.6 Å². The summed E-state index contributed by atoms with van der Waals surface area (Å²) in [7, 11) is 4.03. The van der Waals surface area contributed by atoms with Crippen molar-refractivity contribution in [2.24, 2.45) is 0 Å². The van der Waals surface area contributed by atoms with Crippen LogP contribution in [0.4, 0.5) is 5.69 Å². The molecule has 0 aliphatic carbocycles. The third-order valence-corrected chi connectivity index (χ3v) is 4.49. The lowest BCUT2D eigenvalue weighted by molar-refractivity contribution is 0.0527. The first kappa shape index (κ1) is 19.0. The molecule has 2 aromatic heterocycles. The van der Waals surface area contributed by atoms with E-state index in [0.29, 0.717) is 18.7 Å². The van der Waals surface area contributed by atoms with Gasteiger partial charge < -0.3 is 15.0 Å². The van der Waals surface area contributed by atoms with E-state index in [-0.39, 0.29) is 5.97 Å². The van der Waals surface area contributed by atoms with E-state index in [1.807, 2.05) is 40.1 Å². The van der Waals surface area contributed by atoms with Gasteiger partial charge in [0.05, 0.1) is 23.3 Å². The quantitative estimate of drug-likeness (QED) is 0.532. The number of rotatable bonds is 6. The zero-order valence-electron chi connectivity index (χ0n) is 16.6. The van der Waals surface area contributed by atoms with Crippen LogP contribution in [0, 0.1) is 13.8 Å². The largest absolute Gasteiger partial charge is 0.462 e. The average Bonchev–Trinajstić information content (AvgIpc) is 2.62. The molecule has 0 fully saturated rings. The standard InChI is InChI=1S/C21H26N4O2/c1-6-27-21(26)16-12-23-19-15-11-13(2)7-8-17(15)24-14(3)18(19)20(16)22-9-10-25(4)5/h7-8,11-12H,6,9-10H2,1-5H3,(H,22,23). The van der Waals surface area contributed by atoms with Crippen molar-refractivity contribution in [2.45, 2.75) is 20.8 Å². The molecule has 0 unspecified atom stereocenters. The Balaban J connectivity index is 2.25. The van der Waals surface area contributed by atoms with Crippen LogP contribution in [0.25, 0.3) is 21.8 Å². The average molecular weight is 366 g/mol. The fourth-order valence-electron chi connectivity index (χ4n) is 3.19. The summed E-state index contributed by atoms with van der Waals surface area (Å²) in [6.07, 6.45) is 1.61. The molecule has 0 spiro atoms. The Labute approximate surface area is 159 Å². The molecule has 3 aromatic rings. The van der Waals surface area contributed by atoms with Gasteiger partial charge in [0.1, 0.15) is 5.56 Å². The second-order valence-electron chi connectivity index (χ2n) is 6.94. The zero-order chi connectivity index (χ0) is 19.6. The summed E-state index contributed by atoms with van der Waals surface area (Å²) < 4.78 is 5.24. The van der Waals surface area contributed by atoms with Crippen LogP contribution in [0.15, 0.2) is 24.4 Å². The van der Waals surface area contributed by atoms with Crippen molar-refractivity contribution in [3.05, 3.63) is 41.2 Å². The van der Waals surface area contributed by atoms with E-state index in [4.69, 9.17) is 9.72 Å². The van der Waals surface area contributed by atoms with Gasteiger partial charge in [0, 0.05) is 35.8 Å². The molecule has 1 aromatic carbocycles. The Morgan fingerprint density at radius 1 is 1.26 bits per heavy atom. The predicted octanol–water partition coefficient (Wildman–Crippen LogP) is 3.55. The molecule has 3 rings (SSSR count). The minimum absolute atomic E-state index is 0.322. The molecule has 2 heterocycles. The predicted molar refractivity (Wildman–Crippen MR) is 110 cm³/mol. The molecule has 0 saturated carbocycles. The number of esters is 1. The number of nitrogens with one attached hydrogen (secondary N) is 1. The first-order chi connectivity index (χ1) is 12.9. The molecule has 0 amide bonds. The molecule has 142 valence electrons. The maximum absolute atomic E-state index is 12.5. The summed E-state index contributed by atoms with van der Waals surface area (Å²) in [5, 5.41) is 5.28. The van der Waals surface area contributed by atoms with Crippen LogP contribution in [0.2, 0.25) is 0 Å². The van der Waals surface area contributed by atoms with E-state index in [2.05, 4.69) is 21.3 Å². The molecule has 0 saturated heterocycles. The number of aryl methyl sites for hydroxylation is 2. The number of anilines is 1. The van der Waals surface area contributed by atoms with Gasteiger partial charge in [-0.3, -0.25) is 9.97 Å². The van der Waals surface area contributed by atoms with Crippen LogP contribution in [0.5, 0.6) is 0 Å². The van der Waals surface area contributed by atoms with E-state index in [0.717, 1.165) is 45.3 Å². The number of hydrogen-bond donors (Lipinski definition) is 1. The Morgan fingerprint density at radius 3 is 2.74 bits per heavy atom. The van der Waals surface area contributed by atoms with E-state index >= 15 is 0 Å². The lowest BCUT2D eigenvalue weighted by Gasteiger charge is -2.18. The van der Waals surface area contributed by atoms with Gasteiger partial charge in [-0.1, -0.05) is 11.6 Å². The first-order valence-corrected chi connectivity index (χ1v) is 9.17. The molecule has 6 nitrogen and oxygen atoms in total. The summed E-state index contributed by atoms with van der Waals surface area (Å²) in [4.78, 5) is 24.0. The summed E-state index contributed by atoms with van der Waals surface area (Å²) in [5.41, 5.74) is 4.93. The van der Waals surface area contributed by atoms with Crippen LogP contribution in [0.3, 0.4) is 0 Å². The number of ether oxygens (including phenoxy) is 1. The third kappa shape index (κ3) is 3.85. The van der Waals surface area contributed by atoms with Gasteiger partial charge in [-0.25, -0.2) is 4.79 Å². The van der Waals surface area contributed by atoms with Gasteiger partial charge in [0.15, 0.2) is 0 Å². The molecule has 0 aliphatic heterocycles. The van der Waals surface area contributed by atoms with E-state index in [9.17, 15) is 4.79 Å². The van der Waals surface area contributed by atoms with Gasteiger partial charge >= 0.3 is 5.97 Å². The smallest absolute Gasteiger partial charge is 0.341 e. The van der Waals surface area contributed by atoms with Crippen molar-refractivity contribution in [3.63, 3.8) is 0 Å². The van der Waals surface area contributed by atoms with Crippen LogP contribution in [0.1, 0.15) is 28.5 Å². The van der Waals surface area contributed by atoms with Crippen molar-refractivity contribution in [3.8, 4) is 0 Å². The third-order valence-electron chi connectivity index (χ3n) is 4.49. The Bertz CT molecular complexity index is 999. The fraction of sp³-hybridized carbons (Fsp3) is 0.381. The summed E-state index contributed by atoms with van der Waals surface area (Å²) in [5.74, 6) is -0.372. The first-order valence-electron chi connectivity index (χ1n) is 9.17. The highest BCUT2D eigenvalue weighted by molar-refractivity contribution is 6.13. The number of likely N-dealkylation sites (N-methyl/N-ethyl adjacent to an activating group) is 1. The maximum Gasteiger partial charge on any atom is 0.341 e. The van der Waals surface area contributed by atoms with Crippen LogP contribution >= 0.6 is 0 Å². The van der Waals surface area contributed by atoms with E-state index in [1.165, 1.54) is 0 Å². The number of pyridine rings is 2. The lowest BCUT2D eigenvalue weighted by atomic mass is 10.0. The van der Waals surface area contributed by atoms with Gasteiger partial charge in [-0.2, -0.15) is 0 Å². The van der Waals surface area contributed by atoms with Crippen molar-refractivity contribution < 1.29 is 9.53 Å². The summed E-state index contributed by atoms with van der Waals surface area (Å²) in [6.45, 7) is 7.66. The van der Waals surface area contributed by atoms with Gasteiger partial charge in [0.2, 0.25) is 0 Å². The number of benzene rings is 1. The number of aromatic nitrogens is 2. The summed E-state index contributed by atoms with van der Waals surface area (Å²) >= 11 is 0. The molecule has 1 N–H and O–H groups in total. The Hall–Kier alpha value is -2.73. The molecule has 6 heteroatoms. The molecule has 0 bridgehead atoms. The van der Waals surface area contributed by atoms with Crippen molar-refractivity contribution in [1.29, 1.82) is 0 Å². The minimum atomic E-state index is -0.372. The molecule has 0 atom stereocenters. The van der Waals surface area contributed by atoms with Crippen LogP contribution < -0.4 is 5.32 Å². The highest BCUT2D eigenvalue weighted by Gasteiger charge is 2.20. The SMILES string of the molecule is CCOC(=O)c1cnc2c(c(C)nc3ccc(C)cc32)c1NCCN(C)C. The number of hydrogen-bond acceptors (Lipinski definition) is 6. The van der Waals surface area contributed by atoms with Gasteiger partial charge in [-0.15, -0.1) is 0 Å². The zero-order valence-corrected chi connectivity index (χ0v) is 16.6. The second-order valence-corrected chi connectivity index (χ2v) is 6.94. The topological polar surface area (TPSA) is 67.3 Å². The Kier molecular flexibility index (Phi) is 5.56. The molecule has 0 aliphatic rings. The molecular formula is C21H26N4O2. The Morgan fingerprint density at radius 2 is 2.04 bits per heavy atom. The molecular weight excluding hydrogens is 340 g/mol. The molecule has 0 radical (unpaired) electrons. The number of fused-ring (bicyclic) bond motifs is 3. The maximum atomic E-state index is 12.5. The monoisotopic (exact) mass is 366 g/mol. The normalized spacial score (nSPS) is 11.3. The lowest BCUT2D eigenvalue weighted by Crippen LogP contribution is -2.22. The van der Waals surface area contributed by atoms with Crippen molar-refractivity contribution in [2.75, 3.05) is 39.1 Å². The summed E-state index contributed by atoms with van der Waals surface area (Å²) in [6, 6.07) is 6.14. The van der Waals surface area contributed by atoms with Crippen molar-refractivity contribution in [1.82, 2.24) is 14.9 Å². The number of carbonyl (C=O) groups excluding carboxylic acids is 1.